The number of hydrogen-bond acceptors (Lipinski definition) is 1. The van der Waals surface area contributed by atoms with Crippen molar-refractivity contribution in [3.05, 3.63) is 65.7 Å². The van der Waals surface area contributed by atoms with E-state index in [1.54, 1.807) is 0 Å². The lowest BCUT2D eigenvalue weighted by molar-refractivity contribution is -0.551. The molecule has 3 nitrogen and oxygen atoms in total. The molecule has 2 amide bonds. The molecule has 22 heavy (non-hydrogen) atoms. The van der Waals surface area contributed by atoms with E-state index < -0.39 is 11.7 Å². The van der Waals surface area contributed by atoms with Crippen molar-refractivity contribution in [2.75, 3.05) is 11.9 Å². The first kappa shape index (κ1) is 16.0. The van der Waals surface area contributed by atoms with Crippen molar-refractivity contribution < 1.29 is 23.3 Å². The topological polar surface area (TPSA) is 45.7 Å². The fraction of sp³-hybridized carbons (Fsp3) is 0.188. The quantitative estimate of drug-likeness (QED) is 0.896. The molecule has 2 rings (SSSR count). The van der Waals surface area contributed by atoms with Crippen LogP contribution >= 0.6 is 0 Å². The number of primary amides is 1. The Bertz CT molecular complexity index is 610. The largest absolute Gasteiger partial charge is 0.417 e. The molecule has 0 heterocycles. The molecule has 2 aromatic carbocycles. The highest BCUT2D eigenvalue weighted by Crippen LogP contribution is 2.29. The highest BCUT2D eigenvalue weighted by molar-refractivity contribution is 5.81. The summed E-state index contributed by atoms with van der Waals surface area (Å²) in [7, 11) is 0. The molecule has 0 saturated heterocycles. The van der Waals surface area contributed by atoms with E-state index in [9.17, 15) is 18.0 Å². The van der Waals surface area contributed by atoms with Crippen molar-refractivity contribution in [1.29, 1.82) is 0 Å². The van der Waals surface area contributed by atoms with E-state index >= 15 is 0 Å². The molecule has 0 radical (unpaired) electrons. The molecule has 0 aliphatic carbocycles. The second-order valence-corrected chi connectivity index (χ2v) is 4.79. The van der Waals surface area contributed by atoms with Crippen LogP contribution in [-0.2, 0) is 12.6 Å². The molecule has 6 heteroatoms. The molecule has 3 N–H and O–H groups in total. The van der Waals surface area contributed by atoms with E-state index in [0.717, 1.165) is 24.1 Å². The Hall–Kier alpha value is -2.34. The summed E-state index contributed by atoms with van der Waals surface area (Å²) in [6, 6.07) is 13.8. The molecule has 2 aromatic rings. The smallest absolute Gasteiger partial charge is 0.275 e. The third-order valence-electron chi connectivity index (χ3n) is 3.09. The number of nitrogens with one attached hydrogen (secondary N) is 1. The molecular formula is C16H16F3N2O+. The molecule has 0 bridgehead atoms. The third kappa shape index (κ3) is 4.89. The van der Waals surface area contributed by atoms with Gasteiger partial charge in [-0.1, -0.05) is 30.3 Å². The number of benzene rings is 2. The Labute approximate surface area is 126 Å². The van der Waals surface area contributed by atoms with Gasteiger partial charge in [0.1, 0.15) is 0 Å². The van der Waals surface area contributed by atoms with Crippen molar-refractivity contribution in [2.24, 2.45) is 0 Å². The zero-order chi connectivity index (χ0) is 16.0. The molecule has 0 saturated carbocycles. The maximum absolute atomic E-state index is 12.4. The van der Waals surface area contributed by atoms with Crippen LogP contribution in [0.25, 0.3) is 0 Å². The van der Waals surface area contributed by atoms with E-state index in [1.165, 1.54) is 17.4 Å². The van der Waals surface area contributed by atoms with Gasteiger partial charge in [-0.05, 0) is 29.8 Å². The molecule has 0 spiro atoms. The van der Waals surface area contributed by atoms with Crippen LogP contribution in [0.4, 0.5) is 23.7 Å². The van der Waals surface area contributed by atoms with Crippen LogP contribution in [0.3, 0.4) is 0 Å². The van der Waals surface area contributed by atoms with Crippen molar-refractivity contribution in [2.45, 2.75) is 12.6 Å². The number of hydrogen-bond donors (Lipinski definition) is 2. The van der Waals surface area contributed by atoms with E-state index in [0.29, 0.717) is 12.2 Å². The zero-order valence-electron chi connectivity index (χ0n) is 11.7. The van der Waals surface area contributed by atoms with E-state index in [2.05, 4.69) is 5.32 Å². The van der Waals surface area contributed by atoms with Gasteiger partial charge in [0.15, 0.2) is 0 Å². The summed E-state index contributed by atoms with van der Waals surface area (Å²) in [5, 5.41) is 4.04. The molecule has 0 aliphatic heterocycles. The van der Waals surface area contributed by atoms with Gasteiger partial charge < -0.3 is 0 Å². The average Bonchev–Trinajstić information content (AvgIpc) is 2.48. The molecule has 116 valence electrons. The van der Waals surface area contributed by atoms with Gasteiger partial charge in [-0.3, -0.25) is 10.6 Å². The third-order valence-corrected chi connectivity index (χ3v) is 3.09. The van der Waals surface area contributed by atoms with Crippen LogP contribution in [0.5, 0.6) is 0 Å². The first-order valence-corrected chi connectivity index (χ1v) is 6.80. The number of amides is 2. The van der Waals surface area contributed by atoms with Crippen LogP contribution in [-0.4, -0.2) is 12.6 Å². The predicted molar refractivity (Wildman–Crippen MR) is 77.4 cm³/mol. The Morgan fingerprint density at radius 1 is 1.00 bits per heavy atom. The number of anilines is 1. The van der Waals surface area contributed by atoms with Crippen molar-refractivity contribution >= 4 is 11.7 Å². The van der Waals surface area contributed by atoms with Crippen LogP contribution < -0.4 is 10.6 Å². The number of halogens is 3. The summed E-state index contributed by atoms with van der Waals surface area (Å²) >= 11 is 0. The zero-order valence-corrected chi connectivity index (χ0v) is 11.7. The van der Waals surface area contributed by atoms with Gasteiger partial charge in [-0.2, -0.15) is 13.2 Å². The number of carbonyl (C=O) groups excluding carboxylic acids is 1. The Balaban J connectivity index is 1.79. The number of rotatable bonds is 4. The molecule has 0 fully saturated rings. The maximum atomic E-state index is 12.4. The normalized spacial score (nSPS) is 11.2. The minimum Gasteiger partial charge on any atom is -0.275 e. The summed E-state index contributed by atoms with van der Waals surface area (Å²) < 4.78 is 37.2. The van der Waals surface area contributed by atoms with Gasteiger partial charge in [0.25, 0.3) is 0 Å². The van der Waals surface area contributed by atoms with Gasteiger partial charge in [0, 0.05) is 12.1 Å². The minimum atomic E-state index is -4.37. The van der Waals surface area contributed by atoms with Crippen LogP contribution in [0, 0.1) is 0 Å². The second-order valence-electron chi connectivity index (χ2n) is 4.79. The standard InChI is InChI=1S/C16H15F3N2O/c17-16(18,19)13-6-8-14(9-7-13)21-15(22)20-11-10-12-4-2-1-3-5-12/h1-9H,10-11H2,(H2,20,21,22)/p+1. The average molecular weight is 309 g/mol. The molecule has 0 aromatic heterocycles. The number of alkyl halides is 3. The summed E-state index contributed by atoms with van der Waals surface area (Å²) in [4.78, 5) is 11.7. The van der Waals surface area contributed by atoms with E-state index in [4.69, 9.17) is 0 Å². The SMILES string of the molecule is O=C(Nc1ccc(C(F)(F)F)cc1)[NH2+]CCc1ccccc1. The van der Waals surface area contributed by atoms with Gasteiger partial charge in [-0.15, -0.1) is 0 Å². The summed E-state index contributed by atoms with van der Waals surface area (Å²) in [6.45, 7) is 0.566. The highest BCUT2D eigenvalue weighted by atomic mass is 19.4. The Morgan fingerprint density at radius 3 is 2.23 bits per heavy atom. The monoisotopic (exact) mass is 309 g/mol. The number of carbonyl (C=O) groups is 1. The van der Waals surface area contributed by atoms with Crippen LogP contribution in [0.1, 0.15) is 11.1 Å². The Kier molecular flexibility index (Phi) is 5.16. The number of nitrogens with two attached hydrogens (primary N) is 1. The molecule has 0 aliphatic rings. The second kappa shape index (κ2) is 7.09. The predicted octanol–water partition coefficient (Wildman–Crippen LogP) is 3.04. The summed E-state index contributed by atoms with van der Waals surface area (Å²) in [6.07, 6.45) is -3.63. The molecular weight excluding hydrogens is 293 g/mol. The van der Waals surface area contributed by atoms with Gasteiger partial charge in [-0.25, -0.2) is 4.79 Å². The lowest BCUT2D eigenvalue weighted by Crippen LogP contribution is -2.89. The van der Waals surface area contributed by atoms with Crippen molar-refractivity contribution in [1.82, 2.24) is 0 Å². The van der Waals surface area contributed by atoms with Gasteiger partial charge in [0.2, 0.25) is 0 Å². The molecule has 0 unspecified atom stereocenters. The lowest BCUT2D eigenvalue weighted by Gasteiger charge is -2.07. The first-order valence-electron chi connectivity index (χ1n) is 6.80. The lowest BCUT2D eigenvalue weighted by atomic mass is 10.1. The van der Waals surface area contributed by atoms with Crippen LogP contribution in [0.2, 0.25) is 0 Å². The maximum Gasteiger partial charge on any atom is 0.417 e. The van der Waals surface area contributed by atoms with E-state index in [1.807, 2.05) is 30.3 Å². The van der Waals surface area contributed by atoms with E-state index in [-0.39, 0.29) is 6.03 Å². The van der Waals surface area contributed by atoms with Gasteiger partial charge in [0.05, 0.1) is 12.1 Å². The first-order chi connectivity index (χ1) is 10.4. The number of urea groups is 1. The van der Waals surface area contributed by atoms with Crippen molar-refractivity contribution in [3.63, 3.8) is 0 Å². The summed E-state index contributed by atoms with van der Waals surface area (Å²) in [5.74, 6) is 0. The fourth-order valence-corrected chi connectivity index (χ4v) is 1.95. The molecule has 0 atom stereocenters. The summed E-state index contributed by atoms with van der Waals surface area (Å²) in [5.41, 5.74) is 0.730. The number of quaternary nitrogens is 1. The fourth-order valence-electron chi connectivity index (χ4n) is 1.95. The van der Waals surface area contributed by atoms with Gasteiger partial charge >= 0.3 is 12.2 Å². The van der Waals surface area contributed by atoms with Crippen LogP contribution in [0.15, 0.2) is 54.6 Å². The minimum absolute atomic E-state index is 0.323. The highest BCUT2D eigenvalue weighted by Gasteiger charge is 2.30. The van der Waals surface area contributed by atoms with Crippen molar-refractivity contribution in [3.8, 4) is 0 Å². The Morgan fingerprint density at radius 2 is 1.64 bits per heavy atom.